The quantitative estimate of drug-likeness (QED) is 0.305. The summed E-state index contributed by atoms with van der Waals surface area (Å²) in [5.74, 6) is -2.32. The van der Waals surface area contributed by atoms with Crippen LogP contribution in [0.5, 0.6) is 0 Å². The fourth-order valence-corrected chi connectivity index (χ4v) is 3.61. The molecule has 3 rings (SSSR count). The molecule has 0 aliphatic rings. The fourth-order valence-electron chi connectivity index (χ4n) is 3.17. The maximum absolute atomic E-state index is 13.5. The Hall–Kier alpha value is -3.41. The van der Waals surface area contributed by atoms with E-state index in [-0.39, 0.29) is 22.8 Å². The number of pyridine rings is 1. The van der Waals surface area contributed by atoms with Crippen LogP contribution in [0, 0.1) is 28.5 Å². The number of carboxylic acid groups (broad SMARTS) is 1. The van der Waals surface area contributed by atoms with Crippen LogP contribution in [-0.2, 0) is 4.79 Å². The number of hydrogen-bond donors (Lipinski definition) is 4. The Morgan fingerprint density at radius 2 is 2.00 bits per heavy atom. The molecular formula is C22H18Cl2FN5O2. The van der Waals surface area contributed by atoms with Gasteiger partial charge >= 0.3 is 5.97 Å². The maximum Gasteiger partial charge on any atom is 0.349 e. The lowest BCUT2D eigenvalue weighted by Crippen LogP contribution is -2.28. The van der Waals surface area contributed by atoms with Gasteiger partial charge in [0, 0.05) is 35.4 Å². The summed E-state index contributed by atoms with van der Waals surface area (Å²) >= 11 is 12.3. The van der Waals surface area contributed by atoms with E-state index in [1.165, 1.54) is 24.4 Å². The van der Waals surface area contributed by atoms with Gasteiger partial charge in [0.1, 0.15) is 17.6 Å². The topological polar surface area (TPSA) is 122 Å². The molecule has 3 aromatic rings. The Labute approximate surface area is 193 Å². The molecule has 0 aliphatic heterocycles. The number of nitrogens with zero attached hydrogens (tertiary/aromatic N) is 2. The number of hydrogen-bond acceptors (Lipinski definition) is 6. The van der Waals surface area contributed by atoms with Gasteiger partial charge in [-0.05, 0) is 36.8 Å². The number of benzene rings is 2. The summed E-state index contributed by atoms with van der Waals surface area (Å²) < 4.78 is 13.5. The third kappa shape index (κ3) is 4.90. The lowest BCUT2D eigenvalue weighted by atomic mass is 10.00. The highest BCUT2D eigenvalue weighted by atomic mass is 35.5. The number of aromatic nitrogens is 1. The molecule has 0 radical (unpaired) electrons. The van der Waals surface area contributed by atoms with E-state index in [9.17, 15) is 14.4 Å². The normalized spacial score (nSPS) is 11.6. The summed E-state index contributed by atoms with van der Waals surface area (Å²) in [5, 5.41) is 33.4. The first-order valence-corrected chi connectivity index (χ1v) is 10.3. The SMILES string of the molecule is CCC(CNc1cc(Cl)c2ncc(C#N)c(Nc3ccc(F)c(Cl)c3)c2c1)C(=N)C(=O)O. The summed E-state index contributed by atoms with van der Waals surface area (Å²) in [6, 6.07) is 9.53. The van der Waals surface area contributed by atoms with Crippen LogP contribution in [0.4, 0.5) is 21.5 Å². The van der Waals surface area contributed by atoms with Crippen molar-refractivity contribution < 1.29 is 14.3 Å². The minimum absolute atomic E-state index is 0.0706. The van der Waals surface area contributed by atoms with Gasteiger partial charge < -0.3 is 15.7 Å². The van der Waals surface area contributed by atoms with Gasteiger partial charge in [0.15, 0.2) is 0 Å². The monoisotopic (exact) mass is 473 g/mol. The molecule has 1 unspecified atom stereocenters. The van der Waals surface area contributed by atoms with Crippen LogP contribution in [0.15, 0.2) is 36.5 Å². The zero-order valence-corrected chi connectivity index (χ0v) is 18.4. The number of fused-ring (bicyclic) bond motifs is 1. The standard InChI is InChI=1S/C22H18Cl2FN5O2/c1-2-11(19(27)22(31)32)9-28-14-5-15-20(30-13-3-4-18(25)16(23)6-13)12(8-26)10-29-21(15)17(24)7-14/h3-7,10-11,27-28H,2,9H2,1H3,(H,29,30)(H,31,32). The van der Waals surface area contributed by atoms with Crippen LogP contribution in [0.3, 0.4) is 0 Å². The van der Waals surface area contributed by atoms with Crippen molar-refractivity contribution in [2.24, 2.45) is 5.92 Å². The molecule has 164 valence electrons. The van der Waals surface area contributed by atoms with E-state index in [4.69, 9.17) is 33.7 Å². The minimum Gasteiger partial charge on any atom is -0.477 e. The van der Waals surface area contributed by atoms with E-state index in [0.717, 1.165) is 0 Å². The highest BCUT2D eigenvalue weighted by Gasteiger charge is 2.19. The summed E-state index contributed by atoms with van der Waals surface area (Å²) in [6.07, 6.45) is 1.85. The Bertz CT molecular complexity index is 1260. The van der Waals surface area contributed by atoms with E-state index in [0.29, 0.717) is 39.4 Å². The second-order valence-electron chi connectivity index (χ2n) is 6.97. The molecular weight excluding hydrogens is 456 g/mol. The third-order valence-electron chi connectivity index (χ3n) is 4.92. The van der Waals surface area contributed by atoms with Gasteiger partial charge in [0.25, 0.3) is 0 Å². The largest absolute Gasteiger partial charge is 0.477 e. The number of anilines is 3. The van der Waals surface area contributed by atoms with Crippen molar-refractivity contribution in [1.82, 2.24) is 4.98 Å². The summed E-state index contributed by atoms with van der Waals surface area (Å²) in [6.45, 7) is 2.02. The molecule has 0 bridgehead atoms. The van der Waals surface area contributed by atoms with E-state index in [2.05, 4.69) is 21.7 Å². The number of halogens is 3. The number of nitrogens with one attached hydrogen (secondary N) is 3. The molecule has 1 heterocycles. The van der Waals surface area contributed by atoms with Gasteiger partial charge in [-0.25, -0.2) is 9.18 Å². The van der Waals surface area contributed by atoms with Crippen LogP contribution in [0.1, 0.15) is 18.9 Å². The van der Waals surface area contributed by atoms with Crippen molar-refractivity contribution in [1.29, 1.82) is 10.7 Å². The van der Waals surface area contributed by atoms with Crippen LogP contribution >= 0.6 is 23.2 Å². The van der Waals surface area contributed by atoms with E-state index < -0.39 is 17.7 Å². The number of aliphatic carboxylic acids is 1. The Kier molecular flexibility index (Phi) is 7.13. The minimum atomic E-state index is -1.26. The highest BCUT2D eigenvalue weighted by molar-refractivity contribution is 6.36. The van der Waals surface area contributed by atoms with Crippen molar-refractivity contribution in [3.8, 4) is 6.07 Å². The van der Waals surface area contributed by atoms with Gasteiger partial charge in [-0.15, -0.1) is 0 Å². The summed E-state index contributed by atoms with van der Waals surface area (Å²) in [7, 11) is 0. The zero-order chi connectivity index (χ0) is 23.4. The van der Waals surface area contributed by atoms with Gasteiger partial charge in [-0.2, -0.15) is 5.26 Å². The van der Waals surface area contributed by atoms with Crippen molar-refractivity contribution in [3.63, 3.8) is 0 Å². The highest BCUT2D eigenvalue weighted by Crippen LogP contribution is 2.35. The second kappa shape index (κ2) is 9.81. The first kappa shape index (κ1) is 23.3. The van der Waals surface area contributed by atoms with E-state index in [1.807, 2.05) is 0 Å². The number of nitriles is 1. The average molecular weight is 474 g/mol. The van der Waals surface area contributed by atoms with Crippen molar-refractivity contribution in [2.45, 2.75) is 13.3 Å². The number of carbonyl (C=O) groups is 1. The van der Waals surface area contributed by atoms with Crippen LogP contribution in [0.2, 0.25) is 10.0 Å². The molecule has 10 heteroatoms. The van der Waals surface area contributed by atoms with Crippen molar-refractivity contribution >= 4 is 62.8 Å². The molecule has 2 aromatic carbocycles. The number of carboxylic acids is 1. The van der Waals surface area contributed by atoms with Gasteiger partial charge in [0.2, 0.25) is 0 Å². The van der Waals surface area contributed by atoms with E-state index in [1.54, 1.807) is 19.1 Å². The molecule has 0 saturated heterocycles. The average Bonchev–Trinajstić information content (AvgIpc) is 2.76. The third-order valence-corrected chi connectivity index (χ3v) is 5.50. The first-order valence-electron chi connectivity index (χ1n) is 9.55. The molecule has 32 heavy (non-hydrogen) atoms. The molecule has 4 N–H and O–H groups in total. The molecule has 1 atom stereocenters. The first-order chi connectivity index (χ1) is 15.2. The van der Waals surface area contributed by atoms with Crippen molar-refractivity contribution in [2.75, 3.05) is 17.2 Å². The Morgan fingerprint density at radius 1 is 1.28 bits per heavy atom. The second-order valence-corrected chi connectivity index (χ2v) is 7.79. The summed E-state index contributed by atoms with van der Waals surface area (Å²) in [4.78, 5) is 15.4. The molecule has 1 aromatic heterocycles. The summed E-state index contributed by atoms with van der Waals surface area (Å²) in [5.41, 5.74) is 1.75. The number of rotatable bonds is 8. The predicted octanol–water partition coefficient (Wildman–Crippen LogP) is 5.84. The maximum atomic E-state index is 13.5. The molecule has 0 spiro atoms. The Morgan fingerprint density at radius 3 is 2.62 bits per heavy atom. The lowest BCUT2D eigenvalue weighted by Gasteiger charge is -2.17. The predicted molar refractivity (Wildman–Crippen MR) is 124 cm³/mol. The van der Waals surface area contributed by atoms with Crippen LogP contribution in [0.25, 0.3) is 10.9 Å². The van der Waals surface area contributed by atoms with Gasteiger partial charge in [-0.3, -0.25) is 10.4 Å². The van der Waals surface area contributed by atoms with Gasteiger partial charge in [-0.1, -0.05) is 30.1 Å². The van der Waals surface area contributed by atoms with E-state index >= 15 is 0 Å². The molecule has 0 saturated carbocycles. The van der Waals surface area contributed by atoms with Crippen LogP contribution in [-0.4, -0.2) is 28.3 Å². The fraction of sp³-hybridized carbons (Fsp3) is 0.182. The molecule has 7 nitrogen and oxygen atoms in total. The van der Waals surface area contributed by atoms with Crippen LogP contribution < -0.4 is 10.6 Å². The van der Waals surface area contributed by atoms with Gasteiger partial charge in [0.05, 0.1) is 26.8 Å². The zero-order valence-electron chi connectivity index (χ0n) is 16.8. The molecule has 0 aliphatic carbocycles. The molecule has 0 fully saturated rings. The van der Waals surface area contributed by atoms with Crippen molar-refractivity contribution in [3.05, 3.63) is 58.0 Å². The Balaban J connectivity index is 2.02. The smallest absolute Gasteiger partial charge is 0.349 e. The molecule has 0 amide bonds. The lowest BCUT2D eigenvalue weighted by molar-refractivity contribution is -0.129.